The zero-order chi connectivity index (χ0) is 32.2. The standard InChI is InChI=1S/C37H43N3O4S/c1-4-5-25-38-37(42)35(26-30-15-9-6-10-16-30)39(27-31-17-11-7-12-18-31)36(41)28-40(33-23-21-32(22-24-33)29(2)3)45(43,44)34-19-13-8-14-20-34/h6-24,29,35H,4-5,25-28H2,1-3H3,(H,38,42)/t35-/m0/s1. The van der Waals surface area contributed by atoms with E-state index in [1.54, 1.807) is 30.3 Å². The van der Waals surface area contributed by atoms with E-state index in [1.807, 2.05) is 79.7 Å². The number of carbonyl (C=O) groups excluding carboxylic acids is 2. The highest BCUT2D eigenvalue weighted by atomic mass is 32.2. The molecule has 7 nitrogen and oxygen atoms in total. The van der Waals surface area contributed by atoms with Crippen molar-refractivity contribution in [1.82, 2.24) is 10.2 Å². The smallest absolute Gasteiger partial charge is 0.264 e. The van der Waals surface area contributed by atoms with Crippen LogP contribution < -0.4 is 9.62 Å². The lowest BCUT2D eigenvalue weighted by atomic mass is 10.0. The summed E-state index contributed by atoms with van der Waals surface area (Å²) in [6.07, 6.45) is 2.01. The number of hydrogen-bond acceptors (Lipinski definition) is 4. The number of hydrogen-bond donors (Lipinski definition) is 1. The van der Waals surface area contributed by atoms with Crippen molar-refractivity contribution in [3.8, 4) is 0 Å². The number of amides is 2. The van der Waals surface area contributed by atoms with Gasteiger partial charge in [0.2, 0.25) is 11.8 Å². The Morgan fingerprint density at radius 3 is 1.87 bits per heavy atom. The van der Waals surface area contributed by atoms with Crippen molar-refractivity contribution in [3.63, 3.8) is 0 Å². The molecule has 0 aliphatic carbocycles. The second-order valence-corrected chi connectivity index (χ2v) is 13.3. The predicted octanol–water partition coefficient (Wildman–Crippen LogP) is 6.56. The van der Waals surface area contributed by atoms with Crippen LogP contribution in [-0.4, -0.2) is 44.3 Å². The maximum atomic E-state index is 14.5. The van der Waals surface area contributed by atoms with E-state index in [-0.39, 0.29) is 29.7 Å². The summed E-state index contributed by atoms with van der Waals surface area (Å²) >= 11 is 0. The Morgan fingerprint density at radius 2 is 1.31 bits per heavy atom. The Bertz CT molecular complexity index is 1610. The van der Waals surface area contributed by atoms with Gasteiger partial charge >= 0.3 is 0 Å². The van der Waals surface area contributed by atoms with Gasteiger partial charge in [0.05, 0.1) is 10.6 Å². The van der Waals surface area contributed by atoms with Crippen molar-refractivity contribution in [2.75, 3.05) is 17.4 Å². The van der Waals surface area contributed by atoms with Crippen molar-refractivity contribution >= 4 is 27.5 Å². The van der Waals surface area contributed by atoms with Crippen LogP contribution in [0.5, 0.6) is 0 Å². The normalized spacial score (nSPS) is 12.0. The van der Waals surface area contributed by atoms with Gasteiger partial charge < -0.3 is 10.2 Å². The van der Waals surface area contributed by atoms with E-state index >= 15 is 0 Å². The van der Waals surface area contributed by atoms with Gasteiger partial charge in [-0.3, -0.25) is 13.9 Å². The summed E-state index contributed by atoms with van der Waals surface area (Å²) in [5, 5.41) is 3.02. The Kier molecular flexibility index (Phi) is 11.9. The molecule has 45 heavy (non-hydrogen) atoms. The first-order valence-corrected chi connectivity index (χ1v) is 17.0. The summed E-state index contributed by atoms with van der Waals surface area (Å²) in [4.78, 5) is 29.9. The third kappa shape index (κ3) is 9.05. The van der Waals surface area contributed by atoms with Crippen LogP contribution in [0.4, 0.5) is 5.69 Å². The van der Waals surface area contributed by atoms with E-state index in [4.69, 9.17) is 0 Å². The third-order valence-electron chi connectivity index (χ3n) is 7.75. The van der Waals surface area contributed by atoms with E-state index in [0.717, 1.165) is 33.8 Å². The fourth-order valence-corrected chi connectivity index (χ4v) is 6.55. The van der Waals surface area contributed by atoms with Gasteiger partial charge in [-0.1, -0.05) is 118 Å². The number of anilines is 1. The highest BCUT2D eigenvalue weighted by Crippen LogP contribution is 2.27. The lowest BCUT2D eigenvalue weighted by molar-refractivity contribution is -0.140. The van der Waals surface area contributed by atoms with Crippen LogP contribution in [-0.2, 0) is 32.6 Å². The Balaban J connectivity index is 1.77. The first-order chi connectivity index (χ1) is 21.7. The summed E-state index contributed by atoms with van der Waals surface area (Å²) in [5.74, 6) is -0.487. The first kappa shape index (κ1) is 33.5. The number of rotatable bonds is 15. The SMILES string of the molecule is CCCCNC(=O)[C@H](Cc1ccccc1)N(Cc1ccccc1)C(=O)CN(c1ccc(C(C)C)cc1)S(=O)(=O)c1ccccc1. The van der Waals surface area contributed by atoms with Crippen molar-refractivity contribution in [1.29, 1.82) is 0 Å². The summed E-state index contributed by atoms with van der Waals surface area (Å²) in [5.41, 5.74) is 3.17. The molecule has 4 aromatic carbocycles. The van der Waals surface area contributed by atoms with Crippen molar-refractivity contribution < 1.29 is 18.0 Å². The van der Waals surface area contributed by atoms with Gasteiger partial charge in [0.25, 0.3) is 10.0 Å². The van der Waals surface area contributed by atoms with Crippen molar-refractivity contribution in [3.05, 3.63) is 132 Å². The Hall–Kier alpha value is -4.43. The van der Waals surface area contributed by atoms with Crippen molar-refractivity contribution in [2.24, 2.45) is 0 Å². The van der Waals surface area contributed by atoms with Gasteiger partial charge in [0, 0.05) is 19.5 Å². The van der Waals surface area contributed by atoms with Crippen LogP contribution >= 0.6 is 0 Å². The molecule has 0 spiro atoms. The number of benzene rings is 4. The van der Waals surface area contributed by atoms with Gasteiger partial charge in [0.1, 0.15) is 12.6 Å². The number of sulfonamides is 1. The molecule has 236 valence electrons. The molecule has 0 aromatic heterocycles. The highest BCUT2D eigenvalue weighted by molar-refractivity contribution is 7.92. The summed E-state index contributed by atoms with van der Waals surface area (Å²) in [6, 6.07) is 33.5. The average Bonchev–Trinajstić information content (AvgIpc) is 3.06. The minimum atomic E-state index is -4.13. The quantitative estimate of drug-likeness (QED) is 0.152. The minimum Gasteiger partial charge on any atom is -0.354 e. The van der Waals surface area contributed by atoms with Gasteiger partial charge in [-0.05, 0) is 53.3 Å². The molecule has 4 aromatic rings. The largest absolute Gasteiger partial charge is 0.354 e. The Morgan fingerprint density at radius 1 is 0.756 bits per heavy atom. The Labute approximate surface area is 268 Å². The molecule has 4 rings (SSSR count). The maximum absolute atomic E-state index is 14.5. The van der Waals surface area contributed by atoms with Gasteiger partial charge in [-0.2, -0.15) is 0 Å². The number of nitrogens with one attached hydrogen (secondary N) is 1. The van der Waals surface area contributed by atoms with E-state index in [9.17, 15) is 18.0 Å². The number of carbonyl (C=O) groups is 2. The van der Waals surface area contributed by atoms with E-state index < -0.39 is 28.5 Å². The molecule has 2 amide bonds. The predicted molar refractivity (Wildman–Crippen MR) is 180 cm³/mol. The fraction of sp³-hybridized carbons (Fsp3) is 0.297. The first-order valence-electron chi connectivity index (χ1n) is 15.5. The topological polar surface area (TPSA) is 86.8 Å². The third-order valence-corrected chi connectivity index (χ3v) is 9.54. The summed E-state index contributed by atoms with van der Waals surface area (Å²) in [6.45, 7) is 6.34. The summed E-state index contributed by atoms with van der Waals surface area (Å²) < 4.78 is 29.4. The van der Waals surface area contributed by atoms with Crippen LogP contribution in [0.2, 0.25) is 0 Å². The molecule has 0 saturated heterocycles. The summed E-state index contributed by atoms with van der Waals surface area (Å²) in [7, 11) is -4.13. The molecule has 0 saturated carbocycles. The van der Waals surface area contributed by atoms with E-state index in [1.165, 1.54) is 17.0 Å². The number of nitrogens with zero attached hydrogens (tertiary/aromatic N) is 2. The zero-order valence-electron chi connectivity index (χ0n) is 26.3. The molecular weight excluding hydrogens is 582 g/mol. The molecule has 0 heterocycles. The highest BCUT2D eigenvalue weighted by Gasteiger charge is 2.34. The molecule has 0 aliphatic rings. The lowest BCUT2D eigenvalue weighted by Crippen LogP contribution is -2.53. The van der Waals surface area contributed by atoms with Gasteiger partial charge in [-0.25, -0.2) is 8.42 Å². The molecule has 0 bridgehead atoms. The monoisotopic (exact) mass is 625 g/mol. The minimum absolute atomic E-state index is 0.0819. The zero-order valence-corrected chi connectivity index (χ0v) is 27.1. The van der Waals surface area contributed by atoms with Gasteiger partial charge in [-0.15, -0.1) is 0 Å². The molecule has 8 heteroatoms. The molecule has 0 aliphatic heterocycles. The van der Waals surface area contributed by atoms with Crippen molar-refractivity contribution in [2.45, 2.75) is 63.4 Å². The molecule has 0 unspecified atom stereocenters. The van der Waals surface area contributed by atoms with E-state index in [2.05, 4.69) is 19.2 Å². The van der Waals surface area contributed by atoms with Crippen LogP contribution in [0.15, 0.2) is 120 Å². The lowest BCUT2D eigenvalue weighted by Gasteiger charge is -2.34. The molecular formula is C37H43N3O4S. The van der Waals surface area contributed by atoms with Crippen LogP contribution in [0.25, 0.3) is 0 Å². The number of unbranched alkanes of at least 4 members (excludes halogenated alkanes) is 1. The van der Waals surface area contributed by atoms with E-state index in [0.29, 0.717) is 12.2 Å². The van der Waals surface area contributed by atoms with Gasteiger partial charge in [0.15, 0.2) is 0 Å². The molecule has 0 fully saturated rings. The fourth-order valence-electron chi connectivity index (χ4n) is 5.11. The average molecular weight is 626 g/mol. The second-order valence-electron chi connectivity index (χ2n) is 11.4. The maximum Gasteiger partial charge on any atom is 0.264 e. The molecule has 1 atom stereocenters. The van der Waals surface area contributed by atoms with Crippen LogP contribution in [0.1, 0.15) is 56.2 Å². The second kappa shape index (κ2) is 16.0. The molecule has 1 N–H and O–H groups in total. The van der Waals surface area contributed by atoms with Crippen LogP contribution in [0, 0.1) is 0 Å². The molecule has 0 radical (unpaired) electrons. The van der Waals surface area contributed by atoms with Crippen LogP contribution in [0.3, 0.4) is 0 Å².